The second-order valence-electron chi connectivity index (χ2n) is 3.07. The second-order valence-corrected chi connectivity index (χ2v) is 4.05. The first kappa shape index (κ1) is 10.2. The van der Waals surface area contributed by atoms with Gasteiger partial charge in [-0.15, -0.1) is 0 Å². The van der Waals surface area contributed by atoms with Gasteiger partial charge in [0.25, 0.3) is 0 Å². The van der Waals surface area contributed by atoms with E-state index in [4.69, 9.17) is 0 Å². The molecule has 5 heteroatoms. The summed E-state index contributed by atoms with van der Waals surface area (Å²) in [4.78, 5) is 8.28. The number of hydrogen-bond donors (Lipinski definition) is 0. The van der Waals surface area contributed by atoms with E-state index in [9.17, 15) is 0 Å². The van der Waals surface area contributed by atoms with Crippen molar-refractivity contribution in [3.8, 4) is 11.4 Å². The fraction of sp³-hybridized carbons (Fsp3) is 0.300. The highest BCUT2D eigenvalue weighted by Crippen LogP contribution is 2.11. The van der Waals surface area contributed by atoms with E-state index in [-0.39, 0.29) is 0 Å². The van der Waals surface area contributed by atoms with Crippen LogP contribution in [0.15, 0.2) is 30.9 Å². The normalized spacial score (nSPS) is 10.5. The Balaban J connectivity index is 2.14. The Labute approximate surface area is 92.8 Å². The zero-order chi connectivity index (χ0) is 10.5. The molecule has 0 spiro atoms. The molecule has 4 nitrogen and oxygen atoms in total. The molecule has 0 amide bonds. The number of nitrogens with zero attached hydrogens (tertiary/aromatic N) is 4. The third kappa shape index (κ3) is 2.56. The molecule has 0 aliphatic rings. The zero-order valence-electron chi connectivity index (χ0n) is 8.50. The molecule has 0 N–H and O–H groups in total. The Morgan fingerprint density at radius 2 is 2.40 bits per heavy atom. The van der Waals surface area contributed by atoms with Gasteiger partial charge < -0.3 is 0 Å². The molecule has 0 fully saturated rings. The molecule has 2 aromatic heterocycles. The maximum atomic E-state index is 4.37. The summed E-state index contributed by atoms with van der Waals surface area (Å²) in [5.41, 5.74) is 0.959. The summed E-state index contributed by atoms with van der Waals surface area (Å²) in [5.74, 6) is 1.79. The van der Waals surface area contributed by atoms with Crippen LogP contribution in [-0.2, 0) is 6.54 Å². The highest BCUT2D eigenvalue weighted by Gasteiger charge is 2.02. The average Bonchev–Trinajstić information content (AvgIpc) is 2.76. The lowest BCUT2D eigenvalue weighted by Gasteiger charge is -1.96. The highest BCUT2D eigenvalue weighted by molar-refractivity contribution is 7.98. The molecule has 0 bridgehead atoms. The van der Waals surface area contributed by atoms with Gasteiger partial charge in [0, 0.05) is 23.7 Å². The van der Waals surface area contributed by atoms with Crippen LogP contribution >= 0.6 is 11.8 Å². The molecule has 0 aliphatic heterocycles. The van der Waals surface area contributed by atoms with Crippen LogP contribution in [0.25, 0.3) is 11.4 Å². The minimum Gasteiger partial charge on any atom is -0.264 e. The van der Waals surface area contributed by atoms with Crippen LogP contribution in [0.2, 0.25) is 0 Å². The van der Waals surface area contributed by atoms with Crippen molar-refractivity contribution >= 4 is 11.8 Å². The maximum absolute atomic E-state index is 4.37. The van der Waals surface area contributed by atoms with Gasteiger partial charge in [0.1, 0.15) is 6.33 Å². The number of thioether (sulfide) groups is 1. The number of hydrogen-bond acceptors (Lipinski definition) is 4. The van der Waals surface area contributed by atoms with Crippen LogP contribution in [0.4, 0.5) is 0 Å². The van der Waals surface area contributed by atoms with Gasteiger partial charge in [-0.1, -0.05) is 0 Å². The van der Waals surface area contributed by atoms with E-state index in [1.165, 1.54) is 0 Å². The van der Waals surface area contributed by atoms with Crippen molar-refractivity contribution in [2.24, 2.45) is 0 Å². The van der Waals surface area contributed by atoms with Gasteiger partial charge in [-0.25, -0.2) is 4.98 Å². The monoisotopic (exact) mass is 220 g/mol. The van der Waals surface area contributed by atoms with Crippen LogP contribution in [0.3, 0.4) is 0 Å². The zero-order valence-corrected chi connectivity index (χ0v) is 9.31. The number of pyridine rings is 1. The fourth-order valence-electron chi connectivity index (χ4n) is 1.21. The molecule has 78 valence electrons. The minimum absolute atomic E-state index is 0.740. The Kier molecular flexibility index (Phi) is 3.34. The minimum atomic E-state index is 0.740. The second kappa shape index (κ2) is 4.93. The van der Waals surface area contributed by atoms with Gasteiger partial charge >= 0.3 is 0 Å². The number of aryl methyl sites for hydroxylation is 1. The Morgan fingerprint density at radius 3 is 3.13 bits per heavy atom. The van der Waals surface area contributed by atoms with E-state index in [2.05, 4.69) is 21.3 Å². The van der Waals surface area contributed by atoms with Gasteiger partial charge in [-0.05, 0) is 18.4 Å². The van der Waals surface area contributed by atoms with E-state index in [1.807, 2.05) is 16.8 Å². The van der Waals surface area contributed by atoms with E-state index in [1.54, 1.807) is 30.5 Å². The molecule has 2 heterocycles. The summed E-state index contributed by atoms with van der Waals surface area (Å²) in [5, 5.41) is 4.37. The topological polar surface area (TPSA) is 43.6 Å². The van der Waals surface area contributed by atoms with E-state index < -0.39 is 0 Å². The summed E-state index contributed by atoms with van der Waals surface area (Å²) in [6.07, 6.45) is 7.36. The third-order valence-corrected chi connectivity index (χ3v) is 2.57. The fourth-order valence-corrected chi connectivity index (χ4v) is 1.58. The van der Waals surface area contributed by atoms with Gasteiger partial charge in [-0.2, -0.15) is 16.9 Å². The molecule has 0 atom stereocenters. The molecule has 0 aromatic carbocycles. The summed E-state index contributed by atoms with van der Waals surface area (Å²) < 4.78 is 1.86. The molecule has 0 aliphatic carbocycles. The summed E-state index contributed by atoms with van der Waals surface area (Å²) >= 11 is 1.80. The Morgan fingerprint density at radius 1 is 1.47 bits per heavy atom. The molecule has 15 heavy (non-hydrogen) atoms. The summed E-state index contributed by atoms with van der Waals surface area (Å²) in [6.45, 7) is 0.897. The quantitative estimate of drug-likeness (QED) is 0.786. The predicted molar refractivity (Wildman–Crippen MR) is 61.6 cm³/mol. The molecule has 0 radical (unpaired) electrons. The van der Waals surface area contributed by atoms with Crippen LogP contribution < -0.4 is 0 Å². The average molecular weight is 220 g/mol. The molecule has 0 saturated carbocycles. The maximum Gasteiger partial charge on any atom is 0.182 e. The molecular formula is C10H12N4S. The number of aromatic nitrogens is 4. The third-order valence-electron chi connectivity index (χ3n) is 1.98. The summed E-state index contributed by atoms with van der Waals surface area (Å²) in [7, 11) is 0. The van der Waals surface area contributed by atoms with E-state index >= 15 is 0 Å². The molecule has 2 rings (SSSR count). The number of rotatable bonds is 4. The van der Waals surface area contributed by atoms with Crippen molar-refractivity contribution in [3.05, 3.63) is 30.9 Å². The molecular weight excluding hydrogens is 208 g/mol. The SMILES string of the molecule is CSCCn1cnc(-c2cccnc2)n1. The van der Waals surface area contributed by atoms with Crippen molar-refractivity contribution < 1.29 is 0 Å². The van der Waals surface area contributed by atoms with Crippen molar-refractivity contribution in [3.63, 3.8) is 0 Å². The van der Waals surface area contributed by atoms with Crippen LogP contribution in [0.1, 0.15) is 0 Å². The van der Waals surface area contributed by atoms with Gasteiger partial charge in [0.2, 0.25) is 0 Å². The van der Waals surface area contributed by atoms with Gasteiger partial charge in [0.05, 0.1) is 6.54 Å². The molecule has 0 saturated heterocycles. The van der Waals surface area contributed by atoms with Crippen LogP contribution in [0.5, 0.6) is 0 Å². The van der Waals surface area contributed by atoms with Crippen molar-refractivity contribution in [2.45, 2.75) is 6.54 Å². The Bertz CT molecular complexity index is 412. The van der Waals surface area contributed by atoms with Crippen molar-refractivity contribution in [2.75, 3.05) is 12.0 Å². The lowest BCUT2D eigenvalue weighted by atomic mass is 10.3. The first-order valence-electron chi connectivity index (χ1n) is 4.69. The van der Waals surface area contributed by atoms with E-state index in [0.717, 1.165) is 23.7 Å². The van der Waals surface area contributed by atoms with Gasteiger partial charge in [-0.3, -0.25) is 9.67 Å². The van der Waals surface area contributed by atoms with Crippen molar-refractivity contribution in [1.29, 1.82) is 0 Å². The largest absolute Gasteiger partial charge is 0.264 e. The van der Waals surface area contributed by atoms with Crippen LogP contribution in [-0.4, -0.2) is 31.8 Å². The van der Waals surface area contributed by atoms with Crippen LogP contribution in [0, 0.1) is 0 Å². The van der Waals surface area contributed by atoms with Crippen molar-refractivity contribution in [1.82, 2.24) is 19.7 Å². The first-order chi connectivity index (χ1) is 7.40. The highest BCUT2D eigenvalue weighted by atomic mass is 32.2. The standard InChI is InChI=1S/C10H12N4S/c1-15-6-5-14-8-12-10(13-14)9-3-2-4-11-7-9/h2-4,7-8H,5-6H2,1H3. The molecule has 2 aromatic rings. The Hall–Kier alpha value is -1.36. The first-order valence-corrected chi connectivity index (χ1v) is 6.08. The van der Waals surface area contributed by atoms with E-state index in [0.29, 0.717) is 0 Å². The lowest BCUT2D eigenvalue weighted by molar-refractivity contribution is 0.666. The van der Waals surface area contributed by atoms with Gasteiger partial charge in [0.15, 0.2) is 5.82 Å². The smallest absolute Gasteiger partial charge is 0.182 e. The predicted octanol–water partition coefficient (Wildman–Crippen LogP) is 1.70. The molecule has 0 unspecified atom stereocenters. The summed E-state index contributed by atoms with van der Waals surface area (Å²) in [6, 6.07) is 3.85. The lowest BCUT2D eigenvalue weighted by Crippen LogP contribution is -2.00.